The van der Waals surface area contributed by atoms with Crippen molar-refractivity contribution in [2.45, 2.75) is 38.8 Å². The van der Waals surface area contributed by atoms with E-state index < -0.39 is 28.4 Å². The van der Waals surface area contributed by atoms with Crippen molar-refractivity contribution < 1.29 is 14.1 Å². The molecule has 132 valence electrons. The molecule has 0 unspecified atom stereocenters. The minimum Gasteiger partial charge on any atom is -0.393 e. The molecule has 2 heterocycles. The summed E-state index contributed by atoms with van der Waals surface area (Å²) in [6.45, 7) is 2.64. The smallest absolute Gasteiger partial charge is 0.295 e. The highest BCUT2D eigenvalue weighted by molar-refractivity contribution is 6.01. The summed E-state index contributed by atoms with van der Waals surface area (Å²) in [4.78, 5) is 27.0. The first-order chi connectivity index (χ1) is 11.9. The summed E-state index contributed by atoms with van der Waals surface area (Å²) >= 11 is 0. The van der Waals surface area contributed by atoms with E-state index in [1.807, 2.05) is 6.92 Å². The molecule has 0 aliphatic carbocycles. The number of hydrogen-bond acceptors (Lipinski definition) is 6. The lowest BCUT2D eigenvalue weighted by Crippen LogP contribution is -2.33. The Hall–Kier alpha value is -3.04. The average molecular weight is 348 g/mol. The van der Waals surface area contributed by atoms with Crippen LogP contribution in [0.15, 0.2) is 12.1 Å². The zero-order valence-electron chi connectivity index (χ0n) is 13.5. The van der Waals surface area contributed by atoms with Gasteiger partial charge in [-0.1, -0.05) is 6.92 Å². The molecule has 3 rings (SSSR count). The second-order valence-corrected chi connectivity index (χ2v) is 5.77. The van der Waals surface area contributed by atoms with Crippen LogP contribution in [0.25, 0.3) is 0 Å². The van der Waals surface area contributed by atoms with Gasteiger partial charge in [-0.2, -0.15) is 5.10 Å². The number of aryl methyl sites for hydroxylation is 2. The van der Waals surface area contributed by atoms with Crippen LogP contribution in [0.3, 0.4) is 0 Å². The third-order valence-electron chi connectivity index (χ3n) is 4.10. The summed E-state index contributed by atoms with van der Waals surface area (Å²) in [6, 6.07) is 1.18. The van der Waals surface area contributed by atoms with Crippen LogP contribution in [-0.2, 0) is 13.0 Å². The van der Waals surface area contributed by atoms with Gasteiger partial charge in [0, 0.05) is 13.0 Å². The van der Waals surface area contributed by atoms with Gasteiger partial charge in [0.2, 0.25) is 0 Å². The normalized spacial score (nSPS) is 16.3. The molecule has 0 saturated carbocycles. The summed E-state index contributed by atoms with van der Waals surface area (Å²) in [5.41, 5.74) is 4.41. The SMILES string of the molecule is CCc1nc2n(n1)CCC[C@H]2NC(=O)c1cc(F)cc([N+](=O)[O-])c1N. The summed E-state index contributed by atoms with van der Waals surface area (Å²) in [7, 11) is 0. The highest BCUT2D eigenvalue weighted by Crippen LogP contribution is 2.28. The molecule has 1 aliphatic rings. The van der Waals surface area contributed by atoms with Gasteiger partial charge in [-0.25, -0.2) is 14.1 Å². The third kappa shape index (κ3) is 3.14. The Labute approximate surface area is 142 Å². The Morgan fingerprint density at radius 1 is 1.56 bits per heavy atom. The Morgan fingerprint density at radius 2 is 2.32 bits per heavy atom. The summed E-state index contributed by atoms with van der Waals surface area (Å²) in [5.74, 6) is -0.274. The molecule has 0 spiro atoms. The van der Waals surface area contributed by atoms with Crippen LogP contribution in [0, 0.1) is 15.9 Å². The van der Waals surface area contributed by atoms with E-state index >= 15 is 0 Å². The van der Waals surface area contributed by atoms with Crippen LogP contribution in [-0.4, -0.2) is 25.6 Å². The number of hydrogen-bond donors (Lipinski definition) is 2. The number of nitrogen functional groups attached to an aromatic ring is 1. The lowest BCUT2D eigenvalue weighted by molar-refractivity contribution is -0.384. The van der Waals surface area contributed by atoms with E-state index in [-0.39, 0.29) is 11.3 Å². The number of nitrogens with two attached hydrogens (primary N) is 1. The molecule has 1 aromatic heterocycles. The number of rotatable bonds is 4. The van der Waals surface area contributed by atoms with Crippen molar-refractivity contribution in [2.24, 2.45) is 0 Å². The number of nitrogens with one attached hydrogen (secondary N) is 1. The Kier molecular flexibility index (Phi) is 4.34. The molecule has 0 fully saturated rings. The standard InChI is InChI=1S/C15H17FN6O3/c1-2-12-19-14-10(4-3-5-21(14)20-12)18-15(23)9-6-8(16)7-11(13(9)17)22(24)25/h6-7,10H,2-5,17H2,1H3,(H,18,23)/t10-/m1/s1. The van der Waals surface area contributed by atoms with Crippen molar-refractivity contribution in [2.75, 3.05) is 5.73 Å². The average Bonchev–Trinajstić information content (AvgIpc) is 3.00. The van der Waals surface area contributed by atoms with E-state index in [2.05, 4.69) is 15.4 Å². The van der Waals surface area contributed by atoms with E-state index in [0.29, 0.717) is 37.1 Å². The first-order valence-corrected chi connectivity index (χ1v) is 7.88. The van der Waals surface area contributed by atoms with Crippen LogP contribution in [0.4, 0.5) is 15.8 Å². The van der Waals surface area contributed by atoms with Crippen molar-refractivity contribution in [3.63, 3.8) is 0 Å². The minimum atomic E-state index is -0.897. The number of nitro benzene ring substituents is 1. The molecule has 1 amide bonds. The molecule has 0 bridgehead atoms. The summed E-state index contributed by atoms with van der Waals surface area (Å²) in [5, 5.41) is 18.0. The number of aromatic nitrogens is 3. The molecule has 0 radical (unpaired) electrons. The molecule has 1 aliphatic heterocycles. The maximum absolute atomic E-state index is 13.6. The number of nitro groups is 1. The largest absolute Gasteiger partial charge is 0.393 e. The van der Waals surface area contributed by atoms with Gasteiger partial charge in [0.25, 0.3) is 11.6 Å². The number of carbonyl (C=O) groups excluding carboxylic acids is 1. The molecule has 3 N–H and O–H groups in total. The van der Waals surface area contributed by atoms with E-state index in [4.69, 9.17) is 5.73 Å². The van der Waals surface area contributed by atoms with Gasteiger partial charge < -0.3 is 11.1 Å². The molecular weight excluding hydrogens is 331 g/mol. The molecule has 1 aromatic carbocycles. The maximum atomic E-state index is 13.6. The van der Waals surface area contributed by atoms with Crippen LogP contribution in [0.5, 0.6) is 0 Å². The highest BCUT2D eigenvalue weighted by atomic mass is 19.1. The van der Waals surface area contributed by atoms with Crippen LogP contribution in [0.2, 0.25) is 0 Å². The molecule has 0 saturated heterocycles. The maximum Gasteiger partial charge on any atom is 0.295 e. The Balaban J connectivity index is 1.89. The number of nitrogens with zero attached hydrogens (tertiary/aromatic N) is 4. The first-order valence-electron chi connectivity index (χ1n) is 7.88. The second kappa shape index (κ2) is 6.46. The van der Waals surface area contributed by atoms with E-state index in [1.54, 1.807) is 4.68 Å². The quantitative estimate of drug-likeness (QED) is 0.492. The number of carbonyl (C=O) groups is 1. The Morgan fingerprint density at radius 3 is 3.00 bits per heavy atom. The fourth-order valence-electron chi connectivity index (χ4n) is 2.86. The van der Waals surface area contributed by atoms with Crippen LogP contribution in [0.1, 0.15) is 47.8 Å². The number of anilines is 1. The molecule has 25 heavy (non-hydrogen) atoms. The van der Waals surface area contributed by atoms with Gasteiger partial charge in [-0.05, 0) is 18.9 Å². The molecule has 9 nitrogen and oxygen atoms in total. The van der Waals surface area contributed by atoms with Gasteiger partial charge in [-0.3, -0.25) is 14.9 Å². The molecule has 1 atom stereocenters. The zero-order valence-corrected chi connectivity index (χ0v) is 13.5. The topological polar surface area (TPSA) is 129 Å². The predicted octanol–water partition coefficient (Wildman–Crippen LogP) is 1.73. The number of benzene rings is 1. The molecule has 2 aromatic rings. The minimum absolute atomic E-state index is 0.265. The van der Waals surface area contributed by atoms with Crippen molar-refractivity contribution in [1.82, 2.24) is 20.1 Å². The monoisotopic (exact) mass is 348 g/mol. The van der Waals surface area contributed by atoms with Crippen molar-refractivity contribution >= 4 is 17.3 Å². The lowest BCUT2D eigenvalue weighted by Gasteiger charge is -2.23. The summed E-state index contributed by atoms with van der Waals surface area (Å²) in [6.07, 6.45) is 2.11. The van der Waals surface area contributed by atoms with Gasteiger partial charge in [-0.15, -0.1) is 0 Å². The Bertz CT molecular complexity index is 850. The second-order valence-electron chi connectivity index (χ2n) is 5.77. The van der Waals surface area contributed by atoms with Crippen LogP contribution >= 0.6 is 0 Å². The summed E-state index contributed by atoms with van der Waals surface area (Å²) < 4.78 is 15.4. The van der Waals surface area contributed by atoms with Gasteiger partial charge in [0.15, 0.2) is 5.82 Å². The van der Waals surface area contributed by atoms with E-state index in [0.717, 1.165) is 12.5 Å². The van der Waals surface area contributed by atoms with Gasteiger partial charge >= 0.3 is 0 Å². The molecule has 10 heteroatoms. The lowest BCUT2D eigenvalue weighted by atomic mass is 10.1. The van der Waals surface area contributed by atoms with Gasteiger partial charge in [0.1, 0.15) is 17.3 Å². The highest BCUT2D eigenvalue weighted by Gasteiger charge is 2.28. The van der Waals surface area contributed by atoms with E-state index in [1.165, 1.54) is 0 Å². The van der Waals surface area contributed by atoms with Gasteiger partial charge in [0.05, 0.1) is 22.6 Å². The molecular formula is C15H17FN6O3. The van der Waals surface area contributed by atoms with Crippen molar-refractivity contribution in [1.29, 1.82) is 0 Å². The zero-order chi connectivity index (χ0) is 18.1. The van der Waals surface area contributed by atoms with E-state index in [9.17, 15) is 19.3 Å². The first kappa shape index (κ1) is 16.8. The number of halogens is 1. The fraction of sp³-hybridized carbons (Fsp3) is 0.400. The number of fused-ring (bicyclic) bond motifs is 1. The third-order valence-corrected chi connectivity index (χ3v) is 4.10. The van der Waals surface area contributed by atoms with Crippen molar-refractivity contribution in [3.8, 4) is 0 Å². The number of amides is 1. The van der Waals surface area contributed by atoms with Crippen LogP contribution < -0.4 is 11.1 Å². The van der Waals surface area contributed by atoms with Crippen molar-refractivity contribution in [3.05, 3.63) is 45.3 Å². The fourth-order valence-corrected chi connectivity index (χ4v) is 2.86. The predicted molar refractivity (Wildman–Crippen MR) is 86.3 cm³/mol.